The van der Waals surface area contributed by atoms with Gasteiger partial charge >= 0.3 is 12.0 Å². The average Bonchev–Trinajstić information content (AvgIpc) is 2.71. The summed E-state index contributed by atoms with van der Waals surface area (Å²) in [5.74, 6) is -0.0708. The van der Waals surface area contributed by atoms with E-state index in [0.717, 1.165) is 5.56 Å². The van der Waals surface area contributed by atoms with Crippen molar-refractivity contribution in [1.82, 2.24) is 14.9 Å². The molecular weight excluding hydrogens is 360 g/mol. The van der Waals surface area contributed by atoms with Crippen molar-refractivity contribution in [1.29, 1.82) is 0 Å². The summed E-state index contributed by atoms with van der Waals surface area (Å²) < 4.78 is 10.5. The highest BCUT2D eigenvalue weighted by atomic mass is 16.5. The van der Waals surface area contributed by atoms with E-state index in [2.05, 4.69) is 9.97 Å². The van der Waals surface area contributed by atoms with Gasteiger partial charge in [-0.2, -0.15) is 0 Å². The van der Waals surface area contributed by atoms with Gasteiger partial charge in [-0.15, -0.1) is 0 Å². The topological polar surface area (TPSA) is 84.9 Å². The first-order valence-corrected chi connectivity index (χ1v) is 9.14. The highest BCUT2D eigenvalue weighted by Crippen LogP contribution is 2.18. The number of ether oxygens (including phenoxy) is 2. The standard InChI is InChI=1S/C20H24N4O4/c1-14-11-23(12-15(2)28-14)20(26)24(19-21-9-4-10-22-19)13-16-5-7-17(8-6-16)18(25)27-3/h4-10,14-15H,11-13H2,1-3H3. The van der Waals surface area contributed by atoms with Gasteiger partial charge in [0.2, 0.25) is 5.95 Å². The number of hydrogen-bond donors (Lipinski definition) is 0. The van der Waals surface area contributed by atoms with Crippen LogP contribution in [0.3, 0.4) is 0 Å². The normalized spacial score (nSPS) is 19.2. The van der Waals surface area contributed by atoms with Gasteiger partial charge in [-0.05, 0) is 37.6 Å². The summed E-state index contributed by atoms with van der Waals surface area (Å²) in [6.07, 6.45) is 3.14. The monoisotopic (exact) mass is 384 g/mol. The van der Waals surface area contributed by atoms with Crippen LogP contribution in [0.4, 0.5) is 10.7 Å². The van der Waals surface area contributed by atoms with Crippen LogP contribution in [0.15, 0.2) is 42.7 Å². The fourth-order valence-corrected chi connectivity index (χ4v) is 3.21. The molecule has 0 N–H and O–H groups in total. The van der Waals surface area contributed by atoms with Crippen LogP contribution in [0.25, 0.3) is 0 Å². The smallest absolute Gasteiger partial charge is 0.337 e. The lowest BCUT2D eigenvalue weighted by molar-refractivity contribution is -0.0538. The largest absolute Gasteiger partial charge is 0.465 e. The lowest BCUT2D eigenvalue weighted by atomic mass is 10.1. The summed E-state index contributed by atoms with van der Waals surface area (Å²) in [6.45, 7) is 5.20. The Morgan fingerprint density at radius 2 is 1.75 bits per heavy atom. The van der Waals surface area contributed by atoms with Crippen molar-refractivity contribution < 1.29 is 19.1 Å². The number of carbonyl (C=O) groups excluding carboxylic acids is 2. The van der Waals surface area contributed by atoms with Gasteiger partial charge in [0.25, 0.3) is 0 Å². The number of rotatable bonds is 4. The van der Waals surface area contributed by atoms with E-state index in [1.165, 1.54) is 12.0 Å². The number of hydrogen-bond acceptors (Lipinski definition) is 6. The zero-order chi connectivity index (χ0) is 20.1. The minimum absolute atomic E-state index is 0.0365. The lowest BCUT2D eigenvalue weighted by Gasteiger charge is -2.37. The number of carbonyl (C=O) groups is 2. The Balaban J connectivity index is 1.83. The zero-order valence-corrected chi connectivity index (χ0v) is 16.2. The molecule has 2 unspecified atom stereocenters. The van der Waals surface area contributed by atoms with E-state index < -0.39 is 5.97 Å². The Kier molecular flexibility index (Phi) is 6.20. The Bertz CT molecular complexity index is 803. The van der Waals surface area contributed by atoms with Crippen LogP contribution >= 0.6 is 0 Å². The van der Waals surface area contributed by atoms with Crippen LogP contribution in [0.5, 0.6) is 0 Å². The minimum Gasteiger partial charge on any atom is -0.465 e. The summed E-state index contributed by atoms with van der Waals surface area (Å²) in [5, 5.41) is 0. The van der Waals surface area contributed by atoms with E-state index in [9.17, 15) is 9.59 Å². The number of amides is 2. The highest BCUT2D eigenvalue weighted by Gasteiger charge is 2.30. The molecule has 28 heavy (non-hydrogen) atoms. The van der Waals surface area contributed by atoms with Crippen molar-refractivity contribution in [3.63, 3.8) is 0 Å². The van der Waals surface area contributed by atoms with Gasteiger partial charge in [-0.1, -0.05) is 12.1 Å². The molecule has 0 aliphatic carbocycles. The summed E-state index contributed by atoms with van der Waals surface area (Å²) >= 11 is 0. The maximum Gasteiger partial charge on any atom is 0.337 e. The highest BCUT2D eigenvalue weighted by molar-refractivity contribution is 5.91. The van der Waals surface area contributed by atoms with E-state index in [-0.39, 0.29) is 24.8 Å². The Labute approximate surface area is 164 Å². The second kappa shape index (κ2) is 8.79. The van der Waals surface area contributed by atoms with Crippen LogP contribution in [0.2, 0.25) is 0 Å². The third-order valence-corrected chi connectivity index (χ3v) is 4.43. The van der Waals surface area contributed by atoms with Gasteiger partial charge in [0, 0.05) is 25.5 Å². The van der Waals surface area contributed by atoms with Gasteiger partial charge in [0.05, 0.1) is 31.4 Å². The second-order valence-electron chi connectivity index (χ2n) is 6.77. The number of benzene rings is 1. The number of morpholine rings is 1. The Morgan fingerprint density at radius 1 is 1.14 bits per heavy atom. The van der Waals surface area contributed by atoms with Crippen molar-refractivity contribution in [3.8, 4) is 0 Å². The van der Waals surface area contributed by atoms with Crippen molar-refractivity contribution in [2.75, 3.05) is 25.1 Å². The van der Waals surface area contributed by atoms with E-state index >= 15 is 0 Å². The molecular formula is C20H24N4O4. The van der Waals surface area contributed by atoms with Gasteiger partial charge in [-0.3, -0.25) is 4.90 Å². The fourth-order valence-electron chi connectivity index (χ4n) is 3.21. The first-order valence-electron chi connectivity index (χ1n) is 9.14. The summed E-state index contributed by atoms with van der Waals surface area (Å²) in [7, 11) is 1.34. The first-order chi connectivity index (χ1) is 13.5. The number of nitrogens with zero attached hydrogens (tertiary/aromatic N) is 4. The molecule has 3 rings (SSSR count). The molecule has 2 heterocycles. The number of anilines is 1. The van der Waals surface area contributed by atoms with E-state index in [4.69, 9.17) is 9.47 Å². The lowest BCUT2D eigenvalue weighted by Crippen LogP contribution is -2.53. The summed E-state index contributed by atoms with van der Waals surface area (Å²) in [4.78, 5) is 36.7. The molecule has 8 nitrogen and oxygen atoms in total. The summed E-state index contributed by atoms with van der Waals surface area (Å²) in [6, 6.07) is 8.46. The Morgan fingerprint density at radius 3 is 2.32 bits per heavy atom. The van der Waals surface area contributed by atoms with E-state index in [0.29, 0.717) is 24.6 Å². The molecule has 1 saturated heterocycles. The molecule has 0 radical (unpaired) electrons. The maximum absolute atomic E-state index is 13.3. The van der Waals surface area contributed by atoms with Crippen molar-refractivity contribution in [3.05, 3.63) is 53.9 Å². The molecule has 0 bridgehead atoms. The molecule has 1 aromatic carbocycles. The molecule has 1 aliphatic rings. The van der Waals surface area contributed by atoms with Gasteiger partial charge in [0.1, 0.15) is 0 Å². The molecule has 1 aliphatic heterocycles. The molecule has 148 valence electrons. The zero-order valence-electron chi connectivity index (χ0n) is 16.2. The van der Waals surface area contributed by atoms with Crippen LogP contribution in [0.1, 0.15) is 29.8 Å². The SMILES string of the molecule is COC(=O)c1ccc(CN(C(=O)N2CC(C)OC(C)C2)c2ncccn2)cc1. The van der Waals surface area contributed by atoms with Gasteiger partial charge in [-0.25, -0.2) is 19.6 Å². The predicted octanol–water partition coefficient (Wildman–Crippen LogP) is 2.50. The number of methoxy groups -OCH3 is 1. The van der Waals surface area contributed by atoms with E-state index in [1.807, 2.05) is 13.8 Å². The van der Waals surface area contributed by atoms with Crippen molar-refractivity contribution >= 4 is 17.9 Å². The molecule has 0 spiro atoms. The Hall–Kier alpha value is -3.00. The first kappa shape index (κ1) is 19.8. The van der Waals surface area contributed by atoms with Gasteiger partial charge < -0.3 is 14.4 Å². The second-order valence-corrected chi connectivity index (χ2v) is 6.77. The molecule has 2 aromatic rings. The predicted molar refractivity (Wildman–Crippen MR) is 103 cm³/mol. The van der Waals surface area contributed by atoms with Crippen LogP contribution < -0.4 is 4.90 Å². The summed E-state index contributed by atoms with van der Waals surface area (Å²) in [5.41, 5.74) is 1.30. The van der Waals surface area contributed by atoms with Crippen LogP contribution in [0, 0.1) is 0 Å². The number of urea groups is 1. The fraction of sp³-hybridized carbons (Fsp3) is 0.400. The van der Waals surface area contributed by atoms with Crippen LogP contribution in [-0.2, 0) is 16.0 Å². The van der Waals surface area contributed by atoms with Crippen LogP contribution in [-0.4, -0.2) is 59.3 Å². The third-order valence-electron chi connectivity index (χ3n) is 4.43. The number of aromatic nitrogens is 2. The third kappa shape index (κ3) is 4.64. The molecule has 8 heteroatoms. The van der Waals surface area contributed by atoms with Crippen molar-refractivity contribution in [2.24, 2.45) is 0 Å². The molecule has 1 aromatic heterocycles. The quantitative estimate of drug-likeness (QED) is 0.753. The number of esters is 1. The van der Waals surface area contributed by atoms with Crippen molar-refractivity contribution in [2.45, 2.75) is 32.6 Å². The maximum atomic E-state index is 13.3. The molecule has 0 saturated carbocycles. The molecule has 2 atom stereocenters. The molecule has 1 fully saturated rings. The molecule has 2 amide bonds. The van der Waals surface area contributed by atoms with Gasteiger partial charge in [0.15, 0.2) is 0 Å². The minimum atomic E-state index is -0.401. The average molecular weight is 384 g/mol. The van der Waals surface area contributed by atoms with E-state index in [1.54, 1.807) is 47.6 Å².